The Morgan fingerprint density at radius 2 is 0.803 bits per heavy atom. The fourth-order valence-electron chi connectivity index (χ4n) is 8.65. The van der Waals surface area contributed by atoms with E-state index in [1.165, 1.54) is 193 Å². The lowest BCUT2D eigenvalue weighted by Gasteiger charge is -2.24. The van der Waals surface area contributed by atoms with E-state index in [4.69, 9.17) is 4.74 Å². The Hall–Kier alpha value is -1.40. The summed E-state index contributed by atoms with van der Waals surface area (Å²) in [5.41, 5.74) is 0. The second-order valence-corrected chi connectivity index (χ2v) is 19.0. The highest BCUT2D eigenvalue weighted by Gasteiger charge is 2.24. The summed E-state index contributed by atoms with van der Waals surface area (Å²) in [6.45, 7) is 6.47. The number of carbonyl (C=O) groups excluding carboxylic acids is 2. The Balaban J connectivity index is 4.37. The Morgan fingerprint density at radius 3 is 1.21 bits per heavy atom. The van der Waals surface area contributed by atoms with E-state index in [1.54, 1.807) is 0 Å². The van der Waals surface area contributed by atoms with E-state index in [-0.39, 0.29) is 24.9 Å². The Bertz CT molecular complexity index is 924. The standard InChI is InChI=1S/C55H107NO5/c1-4-7-10-13-16-19-21-23-25-27-29-31-33-36-39-42-45-48-55(60)61-51(46-43-40-37-34-18-15-12-9-6-3)49-54(59)56-52(50-57)53(58)47-44-41-38-35-32-30-28-26-24-22-20-17-14-11-8-5-2/h15,18,51-53,57-58H,4-14,16-17,19-50H2,1-3H3,(H,56,59)/b18-15-. The molecular formula is C55H107NO5. The summed E-state index contributed by atoms with van der Waals surface area (Å²) in [4.78, 5) is 26.1. The van der Waals surface area contributed by atoms with Gasteiger partial charge in [-0.05, 0) is 44.9 Å². The van der Waals surface area contributed by atoms with E-state index in [9.17, 15) is 19.8 Å². The Kier molecular flexibility index (Phi) is 48.5. The van der Waals surface area contributed by atoms with Crippen LogP contribution in [0.1, 0.15) is 303 Å². The molecule has 0 heterocycles. The predicted molar refractivity (Wildman–Crippen MR) is 264 cm³/mol. The number of nitrogens with one attached hydrogen (secondary N) is 1. The highest BCUT2D eigenvalue weighted by atomic mass is 16.5. The minimum atomic E-state index is -0.785. The van der Waals surface area contributed by atoms with Crippen molar-refractivity contribution < 1.29 is 24.5 Å². The molecule has 0 rings (SSSR count). The molecule has 0 aliphatic heterocycles. The first kappa shape index (κ1) is 59.6. The molecule has 0 aromatic carbocycles. The molecule has 3 atom stereocenters. The van der Waals surface area contributed by atoms with E-state index in [0.29, 0.717) is 19.3 Å². The number of unbranched alkanes of at least 4 members (excludes halogenated alkanes) is 36. The average Bonchev–Trinajstić information content (AvgIpc) is 3.25. The van der Waals surface area contributed by atoms with Gasteiger partial charge in [0.25, 0.3) is 0 Å². The molecule has 0 aliphatic carbocycles. The van der Waals surface area contributed by atoms with Crippen molar-refractivity contribution >= 4 is 11.9 Å². The van der Waals surface area contributed by atoms with Gasteiger partial charge in [0.2, 0.25) is 5.91 Å². The number of hydrogen-bond acceptors (Lipinski definition) is 5. The van der Waals surface area contributed by atoms with Crippen LogP contribution < -0.4 is 5.32 Å². The van der Waals surface area contributed by atoms with Crippen LogP contribution in [-0.2, 0) is 14.3 Å². The minimum Gasteiger partial charge on any atom is -0.462 e. The van der Waals surface area contributed by atoms with Crippen molar-refractivity contribution in [2.45, 2.75) is 322 Å². The maximum absolute atomic E-state index is 13.2. The monoisotopic (exact) mass is 862 g/mol. The van der Waals surface area contributed by atoms with Gasteiger partial charge in [0.1, 0.15) is 6.10 Å². The summed E-state index contributed by atoms with van der Waals surface area (Å²) in [5, 5.41) is 23.8. The second-order valence-electron chi connectivity index (χ2n) is 19.0. The van der Waals surface area contributed by atoms with Crippen molar-refractivity contribution in [3.8, 4) is 0 Å². The first-order valence-corrected chi connectivity index (χ1v) is 27.4. The lowest BCUT2D eigenvalue weighted by Crippen LogP contribution is -2.46. The lowest BCUT2D eigenvalue weighted by atomic mass is 10.0. The molecule has 3 N–H and O–H groups in total. The van der Waals surface area contributed by atoms with Gasteiger partial charge in [-0.15, -0.1) is 0 Å². The number of rotatable bonds is 50. The quantitative estimate of drug-likeness (QED) is 0.0322. The van der Waals surface area contributed by atoms with Gasteiger partial charge in [-0.1, -0.05) is 258 Å². The highest BCUT2D eigenvalue weighted by molar-refractivity contribution is 5.77. The first-order chi connectivity index (χ1) is 30.0. The number of amides is 1. The zero-order valence-electron chi connectivity index (χ0n) is 41.3. The number of aliphatic hydroxyl groups is 2. The molecule has 0 aliphatic rings. The number of aliphatic hydroxyl groups excluding tert-OH is 2. The van der Waals surface area contributed by atoms with Crippen LogP contribution >= 0.6 is 0 Å². The van der Waals surface area contributed by atoms with Gasteiger partial charge >= 0.3 is 5.97 Å². The van der Waals surface area contributed by atoms with Gasteiger partial charge in [-0.2, -0.15) is 0 Å². The van der Waals surface area contributed by atoms with Crippen LogP contribution in [0.3, 0.4) is 0 Å². The number of ether oxygens (including phenoxy) is 1. The van der Waals surface area contributed by atoms with Gasteiger partial charge in [-0.3, -0.25) is 9.59 Å². The summed E-state index contributed by atoms with van der Waals surface area (Å²) in [7, 11) is 0. The molecule has 0 aromatic rings. The number of esters is 1. The van der Waals surface area contributed by atoms with Crippen molar-refractivity contribution in [2.24, 2.45) is 0 Å². The molecular weight excluding hydrogens is 755 g/mol. The summed E-state index contributed by atoms with van der Waals surface area (Å²) < 4.78 is 5.92. The summed E-state index contributed by atoms with van der Waals surface area (Å²) in [5.74, 6) is -0.473. The van der Waals surface area contributed by atoms with Gasteiger partial charge in [0.15, 0.2) is 0 Å². The fraction of sp³-hybridized carbons (Fsp3) is 0.927. The predicted octanol–water partition coefficient (Wildman–Crippen LogP) is 16.5. The van der Waals surface area contributed by atoms with Crippen LogP contribution in [0.15, 0.2) is 12.2 Å². The lowest BCUT2D eigenvalue weighted by molar-refractivity contribution is -0.151. The van der Waals surface area contributed by atoms with Crippen molar-refractivity contribution in [2.75, 3.05) is 6.61 Å². The molecule has 0 radical (unpaired) electrons. The molecule has 0 saturated carbocycles. The SMILES string of the molecule is CCCC/C=C\CCCCCC(CC(=O)NC(CO)C(O)CCCCCCCCCCCCCCCCCC)OC(=O)CCCCCCCCCCCCCCCCCCC. The van der Waals surface area contributed by atoms with Crippen LogP contribution in [0.5, 0.6) is 0 Å². The Labute approximate surface area is 380 Å². The van der Waals surface area contributed by atoms with Gasteiger partial charge < -0.3 is 20.3 Å². The first-order valence-electron chi connectivity index (χ1n) is 27.4. The topological polar surface area (TPSA) is 95.9 Å². The van der Waals surface area contributed by atoms with E-state index in [1.807, 2.05) is 0 Å². The zero-order valence-corrected chi connectivity index (χ0v) is 41.3. The van der Waals surface area contributed by atoms with Crippen molar-refractivity contribution in [1.82, 2.24) is 5.32 Å². The molecule has 0 spiro atoms. The number of hydrogen-bond donors (Lipinski definition) is 3. The van der Waals surface area contributed by atoms with Crippen molar-refractivity contribution in [3.63, 3.8) is 0 Å². The molecule has 0 aromatic heterocycles. The maximum Gasteiger partial charge on any atom is 0.306 e. The van der Waals surface area contributed by atoms with Crippen molar-refractivity contribution in [3.05, 3.63) is 12.2 Å². The van der Waals surface area contributed by atoms with Crippen LogP contribution in [0.2, 0.25) is 0 Å². The minimum absolute atomic E-state index is 0.0734. The third-order valence-corrected chi connectivity index (χ3v) is 12.8. The van der Waals surface area contributed by atoms with Gasteiger partial charge in [0, 0.05) is 6.42 Å². The summed E-state index contributed by atoms with van der Waals surface area (Å²) >= 11 is 0. The molecule has 6 heteroatoms. The maximum atomic E-state index is 13.2. The highest BCUT2D eigenvalue weighted by Crippen LogP contribution is 2.19. The van der Waals surface area contributed by atoms with Crippen LogP contribution in [0.25, 0.3) is 0 Å². The molecule has 3 unspecified atom stereocenters. The molecule has 0 fully saturated rings. The largest absolute Gasteiger partial charge is 0.462 e. The number of allylic oxidation sites excluding steroid dienone is 2. The van der Waals surface area contributed by atoms with Crippen LogP contribution in [-0.4, -0.2) is 46.9 Å². The molecule has 0 saturated heterocycles. The van der Waals surface area contributed by atoms with Crippen LogP contribution in [0, 0.1) is 0 Å². The molecule has 0 bridgehead atoms. The molecule has 1 amide bonds. The molecule has 362 valence electrons. The molecule has 6 nitrogen and oxygen atoms in total. The zero-order chi connectivity index (χ0) is 44.5. The third kappa shape index (κ3) is 45.0. The summed E-state index contributed by atoms with van der Waals surface area (Å²) in [6, 6.07) is -0.699. The van der Waals surface area contributed by atoms with E-state index >= 15 is 0 Å². The smallest absolute Gasteiger partial charge is 0.306 e. The molecule has 61 heavy (non-hydrogen) atoms. The fourth-order valence-corrected chi connectivity index (χ4v) is 8.65. The Morgan fingerprint density at radius 1 is 0.459 bits per heavy atom. The van der Waals surface area contributed by atoms with E-state index in [0.717, 1.165) is 64.2 Å². The van der Waals surface area contributed by atoms with Gasteiger partial charge in [0.05, 0.1) is 25.2 Å². The summed E-state index contributed by atoms with van der Waals surface area (Å²) in [6.07, 6.45) is 55.7. The second kappa shape index (κ2) is 49.6. The normalized spacial score (nSPS) is 13.2. The van der Waals surface area contributed by atoms with E-state index < -0.39 is 18.2 Å². The third-order valence-electron chi connectivity index (χ3n) is 12.8. The van der Waals surface area contributed by atoms with Crippen LogP contribution in [0.4, 0.5) is 0 Å². The van der Waals surface area contributed by atoms with E-state index in [2.05, 4.69) is 38.2 Å². The average molecular weight is 862 g/mol. The number of carbonyl (C=O) groups is 2. The van der Waals surface area contributed by atoms with Crippen molar-refractivity contribution in [1.29, 1.82) is 0 Å². The van der Waals surface area contributed by atoms with Gasteiger partial charge in [-0.25, -0.2) is 0 Å².